The largest absolute Gasteiger partial charge is 0.354 e. The Morgan fingerprint density at radius 1 is 1.14 bits per heavy atom. The van der Waals surface area contributed by atoms with E-state index in [9.17, 15) is 0 Å². The predicted octanol–water partition coefficient (Wildman–Crippen LogP) is 1.10. The van der Waals surface area contributed by atoms with Gasteiger partial charge in [-0.1, -0.05) is 0 Å². The van der Waals surface area contributed by atoms with Crippen molar-refractivity contribution in [2.75, 3.05) is 36.4 Å². The maximum absolute atomic E-state index is 4.59. The van der Waals surface area contributed by atoms with Crippen LogP contribution in [0.4, 0.5) is 17.3 Å². The van der Waals surface area contributed by atoms with Crippen LogP contribution in [0.15, 0.2) is 49.3 Å². The lowest BCUT2D eigenvalue weighted by molar-refractivity contribution is -0.726. The Bertz CT molecular complexity index is 1110. The second-order valence-corrected chi connectivity index (χ2v) is 6.85. The van der Waals surface area contributed by atoms with Crippen LogP contribution in [-0.4, -0.2) is 50.6 Å². The quantitative estimate of drug-likeness (QED) is 0.462. The number of nitrogens with one attached hydrogen (secondary N) is 3. The molecule has 0 radical (unpaired) electrons. The third kappa shape index (κ3) is 3.05. The average Bonchev–Trinajstić information content (AvgIpc) is 3.35. The molecular formula is C19H22N9+. The molecule has 5 heterocycles. The molecule has 3 N–H and O–H groups in total. The van der Waals surface area contributed by atoms with E-state index in [-0.39, 0.29) is 0 Å². The highest BCUT2D eigenvalue weighted by Gasteiger charge is 2.15. The van der Waals surface area contributed by atoms with E-state index in [2.05, 4.69) is 41.7 Å². The van der Waals surface area contributed by atoms with Crippen LogP contribution in [0.1, 0.15) is 0 Å². The molecule has 0 aromatic carbocycles. The van der Waals surface area contributed by atoms with Crippen molar-refractivity contribution in [3.05, 3.63) is 49.3 Å². The Kier molecular flexibility index (Phi) is 4.13. The fraction of sp³-hybridized carbons (Fsp3) is 0.263. The van der Waals surface area contributed by atoms with E-state index < -0.39 is 0 Å². The predicted molar refractivity (Wildman–Crippen MR) is 107 cm³/mol. The van der Waals surface area contributed by atoms with Crippen molar-refractivity contribution >= 4 is 23.0 Å². The van der Waals surface area contributed by atoms with Gasteiger partial charge in [0.2, 0.25) is 6.20 Å². The first-order chi connectivity index (χ1) is 13.8. The summed E-state index contributed by atoms with van der Waals surface area (Å²) in [6.45, 7) is 3.88. The molecule has 5 rings (SSSR count). The Balaban J connectivity index is 1.46. The van der Waals surface area contributed by atoms with Crippen LogP contribution in [-0.2, 0) is 7.05 Å². The number of pyridine rings is 1. The van der Waals surface area contributed by atoms with E-state index in [4.69, 9.17) is 0 Å². The normalized spacial score (nSPS) is 14.5. The SMILES string of the molecule is C[n+]1cc(-c2cnc3c(Nc4ccnc(N5CCNCC5)c4)nccn23)c[nH]1. The molecule has 0 spiro atoms. The second-order valence-electron chi connectivity index (χ2n) is 6.85. The fourth-order valence-corrected chi connectivity index (χ4v) is 3.52. The van der Waals surface area contributed by atoms with Gasteiger partial charge in [0.15, 0.2) is 18.5 Å². The highest BCUT2D eigenvalue weighted by molar-refractivity contribution is 5.74. The first-order valence-electron chi connectivity index (χ1n) is 9.33. The number of fused-ring (bicyclic) bond motifs is 1. The van der Waals surface area contributed by atoms with Gasteiger partial charge in [0, 0.05) is 56.5 Å². The Labute approximate surface area is 162 Å². The minimum absolute atomic E-state index is 0.714. The molecule has 4 aromatic heterocycles. The molecular weight excluding hydrogens is 354 g/mol. The molecule has 142 valence electrons. The van der Waals surface area contributed by atoms with Gasteiger partial charge in [-0.15, -0.1) is 4.68 Å². The smallest absolute Gasteiger partial charge is 0.204 e. The summed E-state index contributed by atoms with van der Waals surface area (Å²) >= 11 is 0. The van der Waals surface area contributed by atoms with Gasteiger partial charge >= 0.3 is 0 Å². The summed E-state index contributed by atoms with van der Waals surface area (Å²) in [6, 6.07) is 4.01. The summed E-state index contributed by atoms with van der Waals surface area (Å²) in [5.41, 5.74) is 3.80. The van der Waals surface area contributed by atoms with Gasteiger partial charge in [-0.3, -0.25) is 4.40 Å². The highest BCUT2D eigenvalue weighted by atomic mass is 15.2. The van der Waals surface area contributed by atoms with Gasteiger partial charge in [0.05, 0.1) is 23.7 Å². The van der Waals surface area contributed by atoms with Gasteiger partial charge in [-0.25, -0.2) is 15.0 Å². The number of rotatable bonds is 4. The number of aryl methyl sites for hydroxylation is 1. The van der Waals surface area contributed by atoms with Gasteiger partial charge in [0.1, 0.15) is 5.82 Å². The fourth-order valence-electron chi connectivity index (χ4n) is 3.52. The number of H-pyrrole nitrogens is 1. The number of anilines is 3. The van der Waals surface area contributed by atoms with Crippen LogP contribution in [0.25, 0.3) is 16.9 Å². The van der Waals surface area contributed by atoms with Crippen LogP contribution >= 0.6 is 0 Å². The van der Waals surface area contributed by atoms with Crippen molar-refractivity contribution in [3.8, 4) is 11.3 Å². The molecule has 0 amide bonds. The zero-order valence-corrected chi connectivity index (χ0v) is 15.6. The van der Waals surface area contributed by atoms with Crippen LogP contribution in [0.3, 0.4) is 0 Å². The second kappa shape index (κ2) is 6.93. The molecule has 9 heteroatoms. The maximum atomic E-state index is 4.59. The molecule has 1 fully saturated rings. The molecule has 0 unspecified atom stereocenters. The van der Waals surface area contributed by atoms with Gasteiger partial charge < -0.3 is 15.5 Å². The lowest BCUT2D eigenvalue weighted by atomic mass is 10.3. The first kappa shape index (κ1) is 16.7. The summed E-state index contributed by atoms with van der Waals surface area (Å²) in [5, 5.41) is 9.91. The molecule has 0 saturated carbocycles. The minimum Gasteiger partial charge on any atom is -0.354 e. The number of imidazole rings is 1. The molecule has 1 aliphatic rings. The molecule has 0 bridgehead atoms. The maximum Gasteiger partial charge on any atom is 0.204 e. The number of hydrogen-bond acceptors (Lipinski definition) is 6. The Hall–Kier alpha value is -3.46. The van der Waals surface area contributed by atoms with Crippen molar-refractivity contribution in [1.29, 1.82) is 0 Å². The highest BCUT2D eigenvalue weighted by Crippen LogP contribution is 2.25. The summed E-state index contributed by atoms with van der Waals surface area (Å²) < 4.78 is 3.95. The first-order valence-corrected chi connectivity index (χ1v) is 9.33. The average molecular weight is 376 g/mol. The number of aromatic amines is 1. The molecule has 4 aromatic rings. The summed E-state index contributed by atoms with van der Waals surface area (Å²) in [6.07, 6.45) is 11.4. The number of nitrogens with zero attached hydrogens (tertiary/aromatic N) is 6. The van der Waals surface area contributed by atoms with E-state index in [0.29, 0.717) is 5.82 Å². The number of piperazine rings is 1. The van der Waals surface area contributed by atoms with Crippen LogP contribution < -0.4 is 20.2 Å². The van der Waals surface area contributed by atoms with Gasteiger partial charge in [-0.2, -0.15) is 5.10 Å². The molecule has 0 aliphatic carbocycles. The number of hydrogen-bond donors (Lipinski definition) is 3. The molecule has 1 saturated heterocycles. The topological polar surface area (TPSA) is 90.0 Å². The zero-order chi connectivity index (χ0) is 18.9. The van der Waals surface area contributed by atoms with E-state index in [0.717, 1.165) is 54.6 Å². The van der Waals surface area contributed by atoms with E-state index in [1.165, 1.54) is 0 Å². The number of aromatic nitrogens is 6. The Morgan fingerprint density at radius 3 is 2.86 bits per heavy atom. The molecule has 28 heavy (non-hydrogen) atoms. The van der Waals surface area contributed by atoms with Crippen molar-refractivity contribution in [2.45, 2.75) is 0 Å². The Morgan fingerprint density at radius 2 is 2.04 bits per heavy atom. The molecule has 9 nitrogen and oxygen atoms in total. The van der Waals surface area contributed by atoms with E-state index in [1.54, 1.807) is 6.20 Å². The van der Waals surface area contributed by atoms with Crippen LogP contribution in [0.5, 0.6) is 0 Å². The van der Waals surface area contributed by atoms with E-state index in [1.807, 2.05) is 53.2 Å². The van der Waals surface area contributed by atoms with Crippen molar-refractivity contribution < 1.29 is 4.68 Å². The minimum atomic E-state index is 0.714. The lowest BCUT2D eigenvalue weighted by Gasteiger charge is -2.28. The van der Waals surface area contributed by atoms with Crippen molar-refractivity contribution in [3.63, 3.8) is 0 Å². The van der Waals surface area contributed by atoms with Crippen LogP contribution in [0.2, 0.25) is 0 Å². The molecule has 1 aliphatic heterocycles. The van der Waals surface area contributed by atoms with Gasteiger partial charge in [-0.05, 0) is 6.07 Å². The zero-order valence-electron chi connectivity index (χ0n) is 15.6. The monoisotopic (exact) mass is 376 g/mol. The standard InChI is InChI=1S/C19H21N9/c1-26-13-14(11-24-26)16-12-23-19-18(22-6-9-28(16)19)25-15-2-3-21-17(10-15)27-7-4-20-5-8-27/h2-3,6,9-13,20H,4-5,7-8H2,1H3,(H,21,22,25)/p+1. The third-order valence-electron chi connectivity index (χ3n) is 4.93. The third-order valence-corrected chi connectivity index (χ3v) is 4.93. The van der Waals surface area contributed by atoms with Crippen LogP contribution in [0, 0.1) is 0 Å². The van der Waals surface area contributed by atoms with E-state index >= 15 is 0 Å². The van der Waals surface area contributed by atoms with Crippen molar-refractivity contribution in [2.24, 2.45) is 7.05 Å². The summed E-state index contributed by atoms with van der Waals surface area (Å²) in [7, 11) is 1.96. The van der Waals surface area contributed by atoms with Gasteiger partial charge in [0.25, 0.3) is 0 Å². The summed E-state index contributed by atoms with van der Waals surface area (Å²) in [5.74, 6) is 1.69. The lowest BCUT2D eigenvalue weighted by Crippen LogP contribution is -2.43. The summed E-state index contributed by atoms with van der Waals surface area (Å²) in [4.78, 5) is 15.9. The molecule has 0 atom stereocenters. The van der Waals surface area contributed by atoms with Crippen molar-refractivity contribution in [1.82, 2.24) is 29.8 Å².